The number of hydrogen-bond donors (Lipinski definition) is 0. The molecule has 0 spiro atoms. The van der Waals surface area contributed by atoms with Crippen molar-refractivity contribution in [3.63, 3.8) is 0 Å². The van der Waals surface area contributed by atoms with E-state index in [1.165, 1.54) is 4.90 Å². The lowest BCUT2D eigenvalue weighted by Crippen LogP contribution is -2.24. The zero-order valence-electron chi connectivity index (χ0n) is 8.73. The van der Waals surface area contributed by atoms with Gasteiger partial charge in [-0.25, -0.2) is 0 Å². The molecule has 78 valence electrons. The van der Waals surface area contributed by atoms with Gasteiger partial charge in [0, 0.05) is 19.2 Å². The number of methoxy groups -OCH3 is 1. The molecule has 0 aliphatic carbocycles. The molecule has 4 nitrogen and oxygen atoms in total. The molecule has 0 saturated carbocycles. The maximum absolute atomic E-state index is 11.0. The van der Waals surface area contributed by atoms with Crippen molar-refractivity contribution < 1.29 is 9.53 Å². The van der Waals surface area contributed by atoms with E-state index in [1.54, 1.807) is 20.2 Å². The Morgan fingerprint density at radius 1 is 1.53 bits per heavy atom. The molecule has 0 saturated heterocycles. The number of carbonyl (C=O) groups excluding carboxylic acids is 1. The molecule has 4 heteroatoms. The fraction of sp³-hybridized carbons (Fsp3) is 0.273. The second-order valence-electron chi connectivity index (χ2n) is 3.08. The highest BCUT2D eigenvalue weighted by molar-refractivity contribution is 5.90. The van der Waals surface area contributed by atoms with Gasteiger partial charge in [0.05, 0.1) is 7.11 Å². The van der Waals surface area contributed by atoms with E-state index in [0.29, 0.717) is 6.54 Å². The van der Waals surface area contributed by atoms with Gasteiger partial charge in [-0.2, -0.15) is 5.26 Å². The van der Waals surface area contributed by atoms with E-state index >= 15 is 0 Å². The zero-order chi connectivity index (χ0) is 11.3. The van der Waals surface area contributed by atoms with E-state index in [4.69, 9.17) is 10.00 Å². The molecule has 0 aliphatic rings. The topological polar surface area (TPSA) is 53.3 Å². The maximum Gasteiger partial charge on any atom is 0.325 e. The van der Waals surface area contributed by atoms with Gasteiger partial charge in [-0.3, -0.25) is 4.79 Å². The SMILES string of the molecule is COc1ccccc1CN(C)C(=O)C#N. The average Bonchev–Trinajstić information content (AvgIpc) is 2.28. The van der Waals surface area contributed by atoms with Gasteiger partial charge >= 0.3 is 5.91 Å². The monoisotopic (exact) mass is 204 g/mol. The van der Waals surface area contributed by atoms with Crippen LogP contribution in [0.2, 0.25) is 0 Å². The van der Waals surface area contributed by atoms with Crippen LogP contribution >= 0.6 is 0 Å². The predicted octanol–water partition coefficient (Wildman–Crippen LogP) is 1.18. The van der Waals surface area contributed by atoms with Crippen molar-refractivity contribution in [3.8, 4) is 11.8 Å². The highest BCUT2D eigenvalue weighted by Crippen LogP contribution is 2.18. The van der Waals surface area contributed by atoms with Gasteiger partial charge in [0.25, 0.3) is 0 Å². The summed E-state index contributed by atoms with van der Waals surface area (Å²) in [6, 6.07) is 8.97. The second kappa shape index (κ2) is 5.01. The van der Waals surface area contributed by atoms with Crippen LogP contribution in [0.1, 0.15) is 5.56 Å². The number of hydrogen-bond acceptors (Lipinski definition) is 3. The third kappa shape index (κ3) is 2.71. The van der Waals surface area contributed by atoms with E-state index in [1.807, 2.05) is 24.3 Å². The third-order valence-corrected chi connectivity index (χ3v) is 2.04. The van der Waals surface area contributed by atoms with Crippen molar-refractivity contribution in [1.82, 2.24) is 4.90 Å². The molecule has 1 rings (SSSR count). The maximum atomic E-state index is 11.0. The number of amides is 1. The highest BCUT2D eigenvalue weighted by atomic mass is 16.5. The third-order valence-electron chi connectivity index (χ3n) is 2.04. The molecule has 0 aliphatic heterocycles. The van der Waals surface area contributed by atoms with Crippen LogP contribution in [0.25, 0.3) is 0 Å². The molecular formula is C11H12N2O2. The summed E-state index contributed by atoms with van der Waals surface area (Å²) in [6.07, 6.45) is 0. The summed E-state index contributed by atoms with van der Waals surface area (Å²) < 4.78 is 5.14. The van der Waals surface area contributed by atoms with Gasteiger partial charge in [0.1, 0.15) is 5.75 Å². The molecule has 0 atom stereocenters. The Labute approximate surface area is 88.7 Å². The standard InChI is InChI=1S/C11H12N2O2/c1-13(11(14)7-12)8-9-5-3-4-6-10(9)15-2/h3-6H,8H2,1-2H3. The van der Waals surface area contributed by atoms with Crippen LogP contribution in [0.3, 0.4) is 0 Å². The van der Waals surface area contributed by atoms with E-state index in [9.17, 15) is 4.79 Å². The van der Waals surface area contributed by atoms with Crippen molar-refractivity contribution in [2.45, 2.75) is 6.54 Å². The summed E-state index contributed by atoms with van der Waals surface area (Å²) in [4.78, 5) is 12.4. The molecule has 15 heavy (non-hydrogen) atoms. The Bertz CT molecular complexity index is 396. The lowest BCUT2D eigenvalue weighted by Gasteiger charge is -2.15. The number of benzene rings is 1. The molecule has 0 N–H and O–H groups in total. The van der Waals surface area contributed by atoms with Gasteiger partial charge < -0.3 is 9.64 Å². The second-order valence-corrected chi connectivity index (χ2v) is 3.08. The van der Waals surface area contributed by atoms with Gasteiger partial charge in [-0.05, 0) is 6.07 Å². The normalized spacial score (nSPS) is 9.13. The lowest BCUT2D eigenvalue weighted by atomic mass is 10.2. The Morgan fingerprint density at radius 2 is 2.20 bits per heavy atom. The molecule has 0 unspecified atom stereocenters. The Hall–Kier alpha value is -2.02. The lowest BCUT2D eigenvalue weighted by molar-refractivity contribution is -0.124. The number of nitriles is 1. The zero-order valence-corrected chi connectivity index (χ0v) is 8.73. The van der Waals surface area contributed by atoms with Crippen LogP contribution in [-0.2, 0) is 11.3 Å². The first kappa shape index (κ1) is 11.1. The minimum atomic E-state index is -0.555. The number of nitrogens with zero attached hydrogens (tertiary/aromatic N) is 2. The van der Waals surface area contributed by atoms with E-state index in [-0.39, 0.29) is 0 Å². The number of rotatable bonds is 3. The largest absolute Gasteiger partial charge is 0.496 e. The van der Waals surface area contributed by atoms with E-state index in [0.717, 1.165) is 11.3 Å². The van der Waals surface area contributed by atoms with Crippen molar-refractivity contribution in [3.05, 3.63) is 29.8 Å². The fourth-order valence-corrected chi connectivity index (χ4v) is 1.25. The molecule has 1 aromatic rings. The van der Waals surface area contributed by atoms with Crippen LogP contribution < -0.4 is 4.74 Å². The molecule has 0 bridgehead atoms. The quantitative estimate of drug-likeness (QED) is 0.694. The molecule has 0 heterocycles. The van der Waals surface area contributed by atoms with Crippen molar-refractivity contribution in [2.75, 3.05) is 14.2 Å². The Balaban J connectivity index is 2.81. The Kier molecular flexibility index (Phi) is 3.69. The summed E-state index contributed by atoms with van der Waals surface area (Å²) in [5, 5.41) is 8.44. The number of ether oxygens (including phenoxy) is 1. The molecule has 0 radical (unpaired) electrons. The van der Waals surface area contributed by atoms with Crippen molar-refractivity contribution in [1.29, 1.82) is 5.26 Å². The predicted molar refractivity (Wildman–Crippen MR) is 55.1 cm³/mol. The molecular weight excluding hydrogens is 192 g/mol. The summed E-state index contributed by atoms with van der Waals surface area (Å²) >= 11 is 0. The molecule has 0 fully saturated rings. The summed E-state index contributed by atoms with van der Waals surface area (Å²) in [5.41, 5.74) is 0.881. The number of carbonyl (C=O) groups is 1. The van der Waals surface area contributed by atoms with Crippen molar-refractivity contribution in [2.24, 2.45) is 0 Å². The smallest absolute Gasteiger partial charge is 0.325 e. The van der Waals surface area contributed by atoms with Gasteiger partial charge in [-0.15, -0.1) is 0 Å². The molecule has 0 aromatic heterocycles. The van der Waals surface area contributed by atoms with Gasteiger partial charge in [-0.1, -0.05) is 18.2 Å². The first-order chi connectivity index (χ1) is 7.19. The molecule has 1 amide bonds. The average molecular weight is 204 g/mol. The van der Waals surface area contributed by atoms with Crippen LogP contribution in [0, 0.1) is 11.3 Å². The summed E-state index contributed by atoms with van der Waals surface area (Å²) in [5.74, 6) is 0.163. The summed E-state index contributed by atoms with van der Waals surface area (Å²) in [6.45, 7) is 0.371. The first-order valence-electron chi connectivity index (χ1n) is 4.46. The first-order valence-corrected chi connectivity index (χ1v) is 4.46. The fourth-order valence-electron chi connectivity index (χ4n) is 1.25. The minimum Gasteiger partial charge on any atom is -0.496 e. The van der Waals surface area contributed by atoms with Gasteiger partial charge in [0.2, 0.25) is 0 Å². The van der Waals surface area contributed by atoms with Gasteiger partial charge in [0.15, 0.2) is 6.07 Å². The van der Waals surface area contributed by atoms with Crippen LogP contribution in [0.15, 0.2) is 24.3 Å². The van der Waals surface area contributed by atoms with E-state index in [2.05, 4.69) is 0 Å². The van der Waals surface area contributed by atoms with Crippen LogP contribution in [0.4, 0.5) is 0 Å². The van der Waals surface area contributed by atoms with Crippen LogP contribution in [-0.4, -0.2) is 25.0 Å². The summed E-state index contributed by atoms with van der Waals surface area (Å²) in [7, 11) is 3.16. The van der Waals surface area contributed by atoms with Crippen molar-refractivity contribution >= 4 is 5.91 Å². The Morgan fingerprint density at radius 3 is 2.80 bits per heavy atom. The van der Waals surface area contributed by atoms with E-state index < -0.39 is 5.91 Å². The highest BCUT2D eigenvalue weighted by Gasteiger charge is 2.10. The van der Waals surface area contributed by atoms with Crippen LogP contribution in [0.5, 0.6) is 5.75 Å². The number of para-hydroxylation sites is 1. The minimum absolute atomic E-state index is 0.371. The molecule has 1 aromatic carbocycles.